The quantitative estimate of drug-likeness (QED) is 0.846. The highest BCUT2D eigenvalue weighted by atomic mass is 32.2. The molecule has 1 N–H and O–H groups in total. The van der Waals surface area contributed by atoms with Gasteiger partial charge in [0.25, 0.3) is 0 Å². The fraction of sp³-hybridized carbons (Fsp3) is 0.368. The van der Waals surface area contributed by atoms with Crippen LogP contribution in [0, 0.1) is 0 Å². The van der Waals surface area contributed by atoms with Gasteiger partial charge in [0.1, 0.15) is 0 Å². The SMILES string of the molecule is OC[C@H]1SC[C@@H](OCc2ccccc2)[C@H]1OCc1ccccc1. The summed E-state index contributed by atoms with van der Waals surface area (Å²) in [6.07, 6.45) is -0.0602. The summed E-state index contributed by atoms with van der Waals surface area (Å²) in [6.45, 7) is 1.25. The normalized spacial score (nSPS) is 24.0. The zero-order valence-electron chi connectivity index (χ0n) is 13.0. The van der Waals surface area contributed by atoms with Gasteiger partial charge in [-0.25, -0.2) is 0 Å². The van der Waals surface area contributed by atoms with Crippen molar-refractivity contribution in [2.24, 2.45) is 0 Å². The van der Waals surface area contributed by atoms with Crippen LogP contribution in [-0.2, 0) is 22.7 Å². The molecule has 0 radical (unpaired) electrons. The molecule has 0 amide bonds. The minimum Gasteiger partial charge on any atom is -0.395 e. The highest BCUT2D eigenvalue weighted by Crippen LogP contribution is 2.32. The van der Waals surface area contributed by atoms with Crippen molar-refractivity contribution in [2.45, 2.75) is 30.7 Å². The first-order chi connectivity index (χ1) is 11.4. The van der Waals surface area contributed by atoms with Gasteiger partial charge < -0.3 is 14.6 Å². The lowest BCUT2D eigenvalue weighted by atomic mass is 10.1. The largest absolute Gasteiger partial charge is 0.395 e. The van der Waals surface area contributed by atoms with E-state index in [0.717, 1.165) is 16.9 Å². The van der Waals surface area contributed by atoms with Gasteiger partial charge in [-0.15, -0.1) is 0 Å². The van der Waals surface area contributed by atoms with Gasteiger partial charge in [-0.2, -0.15) is 11.8 Å². The Balaban J connectivity index is 1.57. The zero-order valence-corrected chi connectivity index (χ0v) is 13.8. The van der Waals surface area contributed by atoms with Crippen molar-refractivity contribution >= 4 is 11.8 Å². The molecule has 2 aromatic carbocycles. The first kappa shape index (κ1) is 16.5. The highest BCUT2D eigenvalue weighted by Gasteiger charge is 2.38. The average Bonchev–Trinajstić information content (AvgIpc) is 3.02. The maximum Gasteiger partial charge on any atom is 0.0989 e. The van der Waals surface area contributed by atoms with Gasteiger partial charge in [0, 0.05) is 5.75 Å². The van der Waals surface area contributed by atoms with Crippen LogP contribution in [0.1, 0.15) is 11.1 Å². The second-order valence-electron chi connectivity index (χ2n) is 5.65. The lowest BCUT2D eigenvalue weighted by Crippen LogP contribution is -2.36. The van der Waals surface area contributed by atoms with Gasteiger partial charge in [0.15, 0.2) is 0 Å². The summed E-state index contributed by atoms with van der Waals surface area (Å²) in [4.78, 5) is 0. The number of aliphatic hydroxyl groups is 1. The van der Waals surface area contributed by atoms with Crippen LogP contribution in [0.2, 0.25) is 0 Å². The van der Waals surface area contributed by atoms with E-state index in [1.54, 1.807) is 11.8 Å². The molecule has 0 unspecified atom stereocenters. The molecule has 3 atom stereocenters. The third-order valence-electron chi connectivity index (χ3n) is 3.98. The Bertz CT molecular complexity index is 576. The lowest BCUT2D eigenvalue weighted by Gasteiger charge is -2.23. The van der Waals surface area contributed by atoms with E-state index in [2.05, 4.69) is 24.3 Å². The molecule has 0 saturated carbocycles. The summed E-state index contributed by atoms with van der Waals surface area (Å²) >= 11 is 1.73. The summed E-state index contributed by atoms with van der Waals surface area (Å²) in [5.74, 6) is 0.859. The average molecular weight is 330 g/mol. The van der Waals surface area contributed by atoms with E-state index >= 15 is 0 Å². The number of hydrogen-bond acceptors (Lipinski definition) is 4. The molecular weight excluding hydrogens is 308 g/mol. The fourth-order valence-corrected chi connectivity index (χ4v) is 3.98. The monoisotopic (exact) mass is 330 g/mol. The minimum absolute atomic E-state index is 0.0149. The Hall–Kier alpha value is -1.33. The van der Waals surface area contributed by atoms with E-state index in [1.165, 1.54) is 0 Å². The van der Waals surface area contributed by atoms with Crippen LogP contribution in [0.3, 0.4) is 0 Å². The topological polar surface area (TPSA) is 38.7 Å². The van der Waals surface area contributed by atoms with Crippen molar-refractivity contribution < 1.29 is 14.6 Å². The molecule has 0 spiro atoms. The molecule has 0 bridgehead atoms. The van der Waals surface area contributed by atoms with Gasteiger partial charge in [0.05, 0.1) is 37.3 Å². The van der Waals surface area contributed by atoms with Crippen LogP contribution in [0.4, 0.5) is 0 Å². The molecule has 3 rings (SSSR count). The number of aliphatic hydroxyl groups excluding tert-OH is 1. The first-order valence-corrected chi connectivity index (χ1v) is 8.95. The van der Waals surface area contributed by atoms with E-state index in [0.29, 0.717) is 13.2 Å². The van der Waals surface area contributed by atoms with E-state index in [-0.39, 0.29) is 24.1 Å². The van der Waals surface area contributed by atoms with Crippen LogP contribution in [0.25, 0.3) is 0 Å². The highest BCUT2D eigenvalue weighted by molar-refractivity contribution is 8.00. The van der Waals surface area contributed by atoms with Crippen molar-refractivity contribution in [3.05, 3.63) is 71.8 Å². The lowest BCUT2D eigenvalue weighted by molar-refractivity contribution is -0.0731. The smallest absolute Gasteiger partial charge is 0.0989 e. The molecule has 0 aliphatic carbocycles. The summed E-state index contributed by atoms with van der Waals surface area (Å²) < 4.78 is 12.2. The van der Waals surface area contributed by atoms with E-state index in [1.807, 2.05) is 36.4 Å². The van der Waals surface area contributed by atoms with Crippen molar-refractivity contribution in [2.75, 3.05) is 12.4 Å². The van der Waals surface area contributed by atoms with Crippen molar-refractivity contribution in [3.8, 4) is 0 Å². The second kappa shape index (κ2) is 8.50. The predicted octanol–water partition coefficient (Wildman–Crippen LogP) is 3.26. The summed E-state index contributed by atoms with van der Waals surface area (Å²) in [5, 5.41) is 9.66. The molecule has 23 heavy (non-hydrogen) atoms. The van der Waals surface area contributed by atoms with Crippen LogP contribution < -0.4 is 0 Å². The van der Waals surface area contributed by atoms with Gasteiger partial charge in [0.2, 0.25) is 0 Å². The summed E-state index contributed by atoms with van der Waals surface area (Å²) in [7, 11) is 0. The van der Waals surface area contributed by atoms with Crippen LogP contribution in [0.15, 0.2) is 60.7 Å². The molecule has 122 valence electrons. The number of rotatable bonds is 7. The maximum absolute atomic E-state index is 9.58. The van der Waals surface area contributed by atoms with E-state index in [9.17, 15) is 5.11 Å². The van der Waals surface area contributed by atoms with Gasteiger partial charge in [-0.1, -0.05) is 60.7 Å². The first-order valence-electron chi connectivity index (χ1n) is 7.90. The molecule has 3 nitrogen and oxygen atoms in total. The molecule has 2 aromatic rings. The van der Waals surface area contributed by atoms with Crippen molar-refractivity contribution in [3.63, 3.8) is 0 Å². The summed E-state index contributed by atoms with van der Waals surface area (Å²) in [6, 6.07) is 20.3. The Kier molecular flexibility index (Phi) is 6.11. The molecule has 1 aliphatic rings. The Labute approximate surface area is 141 Å². The van der Waals surface area contributed by atoms with Gasteiger partial charge >= 0.3 is 0 Å². The van der Waals surface area contributed by atoms with Crippen LogP contribution in [0.5, 0.6) is 0 Å². The van der Waals surface area contributed by atoms with Crippen molar-refractivity contribution in [1.82, 2.24) is 0 Å². The molecule has 4 heteroatoms. The molecule has 1 fully saturated rings. The van der Waals surface area contributed by atoms with E-state index in [4.69, 9.17) is 9.47 Å². The van der Waals surface area contributed by atoms with Crippen molar-refractivity contribution in [1.29, 1.82) is 0 Å². The Morgan fingerprint density at radius 3 is 2.00 bits per heavy atom. The van der Waals surface area contributed by atoms with Gasteiger partial charge in [-0.05, 0) is 11.1 Å². The van der Waals surface area contributed by atoms with Crippen LogP contribution in [-0.4, -0.2) is 34.9 Å². The molecule has 1 heterocycles. The third-order valence-corrected chi connectivity index (χ3v) is 5.35. The van der Waals surface area contributed by atoms with Crippen LogP contribution >= 0.6 is 11.8 Å². The van der Waals surface area contributed by atoms with Gasteiger partial charge in [-0.3, -0.25) is 0 Å². The standard InChI is InChI=1S/C19H22O3S/c20-11-18-19(22-13-16-9-5-2-6-10-16)17(14-23-18)21-12-15-7-3-1-4-8-15/h1-10,17-20H,11-14H2/t17-,18-,19-/m1/s1. The zero-order chi connectivity index (χ0) is 15.9. The Morgan fingerprint density at radius 1 is 0.870 bits per heavy atom. The number of ether oxygens (including phenoxy) is 2. The Morgan fingerprint density at radius 2 is 1.43 bits per heavy atom. The molecule has 1 saturated heterocycles. The number of thioether (sulfide) groups is 1. The minimum atomic E-state index is -0.0751. The van der Waals surface area contributed by atoms with E-state index < -0.39 is 0 Å². The molecule has 1 aliphatic heterocycles. The summed E-state index contributed by atoms with van der Waals surface area (Å²) in [5.41, 5.74) is 2.30. The number of hydrogen-bond donors (Lipinski definition) is 1. The molecular formula is C19H22O3S. The third kappa shape index (κ3) is 4.58. The number of benzene rings is 2. The predicted molar refractivity (Wildman–Crippen MR) is 93.4 cm³/mol. The fourth-order valence-electron chi connectivity index (χ4n) is 2.71. The maximum atomic E-state index is 9.58. The second-order valence-corrected chi connectivity index (χ2v) is 6.92. The molecule has 0 aromatic heterocycles.